The van der Waals surface area contributed by atoms with Crippen molar-refractivity contribution in [3.63, 3.8) is 0 Å². The van der Waals surface area contributed by atoms with Crippen LogP contribution in [0.1, 0.15) is 167 Å². The summed E-state index contributed by atoms with van der Waals surface area (Å²) in [6.45, 7) is 27.7. The lowest BCUT2D eigenvalue weighted by atomic mass is 9.82. The second-order valence-electron chi connectivity index (χ2n) is 22.0. The Morgan fingerprint density at radius 1 is 0.882 bits per heavy atom. The fourth-order valence-corrected chi connectivity index (χ4v) is 17.9. The van der Waals surface area contributed by atoms with Crippen molar-refractivity contribution in [2.45, 2.75) is 232 Å². The highest BCUT2D eigenvalue weighted by molar-refractivity contribution is 6.77. The number of fused-ring (bicyclic) bond motifs is 3. The molecule has 0 aromatic carbocycles. The van der Waals surface area contributed by atoms with Crippen LogP contribution in [0.25, 0.3) is 0 Å². The van der Waals surface area contributed by atoms with Crippen LogP contribution in [0.15, 0.2) is 23.3 Å². The van der Waals surface area contributed by atoms with Gasteiger partial charge < -0.3 is 38.1 Å². The molecule has 388 valence electrons. The number of nitrogens with zero attached hydrogens (tertiary/aromatic N) is 1. The van der Waals surface area contributed by atoms with E-state index in [1.807, 2.05) is 34.6 Å². The number of amides is 1. The monoisotopic (exact) mass is 974 g/mol. The van der Waals surface area contributed by atoms with Crippen LogP contribution in [0.2, 0.25) is 16.6 Å². The van der Waals surface area contributed by atoms with Crippen LogP contribution in [0.5, 0.6) is 0 Å². The van der Waals surface area contributed by atoms with E-state index in [-0.39, 0.29) is 71.8 Å². The Hall–Kier alpha value is -2.59. The van der Waals surface area contributed by atoms with Gasteiger partial charge in [-0.1, -0.05) is 93.9 Å². The largest absolute Gasteiger partial charge is 0.456 e. The number of allylic oxidation sites excluding steroid dienone is 3. The summed E-state index contributed by atoms with van der Waals surface area (Å²) < 4.78 is 38.6. The maximum absolute atomic E-state index is 15.0. The zero-order valence-electron chi connectivity index (χ0n) is 44.6. The van der Waals surface area contributed by atoms with Gasteiger partial charge in [0.2, 0.25) is 14.1 Å². The minimum atomic E-state index is -2.66. The van der Waals surface area contributed by atoms with E-state index in [0.29, 0.717) is 58.0 Å². The zero-order valence-corrected chi connectivity index (χ0v) is 45.6. The molecular weight excluding hydrogens is 883 g/mol. The summed E-state index contributed by atoms with van der Waals surface area (Å²) in [5.74, 6) is -6.92. The maximum atomic E-state index is 15.0. The molecule has 4 aliphatic rings. The summed E-state index contributed by atoms with van der Waals surface area (Å²) in [5.41, 5.74) is 2.42. The summed E-state index contributed by atoms with van der Waals surface area (Å²) in [5, 5.41) is 12.3. The van der Waals surface area contributed by atoms with Gasteiger partial charge in [-0.05, 0) is 112 Å². The molecule has 1 aliphatic carbocycles. The Kier molecular flexibility index (Phi) is 21.9. The molecule has 1 amide bonds. The fraction of sp³-hybridized carbons (Fsp3) is 0.833. The quantitative estimate of drug-likeness (QED) is 0.0806. The number of hydrogen-bond donors (Lipinski definition) is 1. The third-order valence-electron chi connectivity index (χ3n) is 16.0. The molecule has 1 N–H and O–H groups in total. The van der Waals surface area contributed by atoms with Gasteiger partial charge in [-0.25, -0.2) is 4.79 Å². The van der Waals surface area contributed by atoms with Crippen molar-refractivity contribution < 1.29 is 57.2 Å². The molecule has 68 heavy (non-hydrogen) atoms. The van der Waals surface area contributed by atoms with Gasteiger partial charge in [-0.15, -0.1) is 0 Å². The van der Waals surface area contributed by atoms with Crippen molar-refractivity contribution in [3.8, 4) is 0 Å². The van der Waals surface area contributed by atoms with Crippen LogP contribution in [0, 0.1) is 29.6 Å². The van der Waals surface area contributed by atoms with E-state index >= 15 is 0 Å². The van der Waals surface area contributed by atoms with Crippen LogP contribution >= 0.6 is 0 Å². The highest BCUT2D eigenvalue weighted by Gasteiger charge is 2.57. The van der Waals surface area contributed by atoms with E-state index in [1.165, 1.54) is 4.90 Å². The number of ether oxygens (including phenoxy) is 5. The molecule has 3 aliphatic heterocycles. The lowest BCUT2D eigenvalue weighted by molar-refractivity contribution is -0.302. The summed E-state index contributed by atoms with van der Waals surface area (Å²) in [4.78, 5) is 73.3. The Morgan fingerprint density at radius 2 is 1.51 bits per heavy atom. The number of ketones is 3. The van der Waals surface area contributed by atoms with Crippen LogP contribution in [-0.2, 0) is 52.1 Å². The zero-order chi connectivity index (χ0) is 50.8. The number of cyclic esters (lactones) is 1. The van der Waals surface area contributed by atoms with E-state index < -0.39 is 86.3 Å². The van der Waals surface area contributed by atoms with Crippen molar-refractivity contribution in [3.05, 3.63) is 23.3 Å². The van der Waals surface area contributed by atoms with E-state index in [0.717, 1.165) is 17.6 Å². The van der Waals surface area contributed by atoms with Gasteiger partial charge in [0.1, 0.15) is 30.1 Å². The summed E-state index contributed by atoms with van der Waals surface area (Å²) >= 11 is 0. The van der Waals surface area contributed by atoms with Crippen molar-refractivity contribution in [2.75, 3.05) is 27.4 Å². The number of rotatable bonds is 13. The topological polar surface area (TPSA) is 164 Å². The highest BCUT2D eigenvalue weighted by Crippen LogP contribution is 2.46. The molecule has 2 saturated heterocycles. The van der Waals surface area contributed by atoms with E-state index in [1.54, 1.807) is 21.1 Å². The van der Waals surface area contributed by atoms with Crippen LogP contribution < -0.4 is 0 Å². The molecular formula is C54H91NO12Si. The van der Waals surface area contributed by atoms with Gasteiger partial charge in [-0.2, -0.15) is 0 Å². The average Bonchev–Trinajstić information content (AvgIpc) is 3.29. The van der Waals surface area contributed by atoms with E-state index in [2.05, 4.69) is 60.6 Å². The summed E-state index contributed by atoms with van der Waals surface area (Å²) in [7, 11) is 0.455. The van der Waals surface area contributed by atoms with Gasteiger partial charge in [-0.3, -0.25) is 19.2 Å². The third kappa shape index (κ3) is 13.5. The predicted molar refractivity (Wildman–Crippen MR) is 266 cm³/mol. The van der Waals surface area contributed by atoms with Crippen LogP contribution in [0.3, 0.4) is 0 Å². The predicted octanol–water partition coefficient (Wildman–Crippen LogP) is 9.66. The van der Waals surface area contributed by atoms with Gasteiger partial charge >= 0.3 is 5.97 Å². The van der Waals surface area contributed by atoms with Crippen molar-refractivity contribution in [1.82, 2.24) is 4.90 Å². The molecule has 13 atom stereocenters. The molecule has 2 bridgehead atoms. The first-order valence-corrected chi connectivity index (χ1v) is 28.4. The van der Waals surface area contributed by atoms with Gasteiger partial charge in [0.15, 0.2) is 5.78 Å². The molecule has 3 fully saturated rings. The van der Waals surface area contributed by atoms with Crippen molar-refractivity contribution in [1.29, 1.82) is 0 Å². The molecule has 0 spiro atoms. The number of aliphatic hydroxyl groups is 1. The van der Waals surface area contributed by atoms with E-state index in [9.17, 15) is 29.1 Å². The standard InChI is InChI=1S/C54H91NO12Si/c1-16-24-64-46-30-40(21-22-43(46)56)28-37(11)49-39(13)45(67-68(32(3)4,33(5)6)34(7)8)31-44(57)41(17-2)26-35(9)25-36(10)27-47(62-14)50-48(63-15)29-38(12)54(61,66-50)51(58)52(59)55-23-19-18-20-42(55)53(60)65-49/h26,28,32-34,36,38-42,45-50,61H,16-25,27,29-31H2,1-15H3. The molecule has 0 radical (unpaired) electrons. The third-order valence-corrected chi connectivity index (χ3v) is 22.1. The second-order valence-corrected chi connectivity index (χ2v) is 27.4. The smallest absolute Gasteiger partial charge is 0.329 e. The number of esters is 1. The highest BCUT2D eigenvalue weighted by atomic mass is 28.4. The second kappa shape index (κ2) is 25.7. The van der Waals surface area contributed by atoms with Crippen LogP contribution in [-0.4, -0.2) is 123 Å². The molecule has 4 rings (SSSR count). The van der Waals surface area contributed by atoms with E-state index in [4.69, 9.17) is 28.1 Å². The summed E-state index contributed by atoms with van der Waals surface area (Å²) in [6, 6.07) is -1.12. The normalized spacial score (nSPS) is 35.0. The Morgan fingerprint density at radius 3 is 2.10 bits per heavy atom. The van der Waals surface area contributed by atoms with Gasteiger partial charge in [0.05, 0.1) is 18.3 Å². The number of hydrogen-bond acceptors (Lipinski definition) is 12. The average molecular weight is 974 g/mol. The van der Waals surface area contributed by atoms with Crippen molar-refractivity contribution >= 4 is 37.5 Å². The van der Waals surface area contributed by atoms with Crippen LogP contribution in [0.4, 0.5) is 0 Å². The number of methoxy groups -OCH3 is 2. The molecule has 3 heterocycles. The molecule has 1 saturated carbocycles. The molecule has 0 aromatic heterocycles. The number of carbonyl (C=O) groups excluding carboxylic acids is 5. The minimum absolute atomic E-state index is 0.0372. The first-order chi connectivity index (χ1) is 32.0. The Labute approximate surface area is 410 Å². The first-order valence-electron chi connectivity index (χ1n) is 26.2. The molecule has 13 nitrogen and oxygen atoms in total. The molecule has 13 unspecified atom stereocenters. The SMILES string of the molecule is CCCOC1CC(C=C(C)C2OC(=O)C3CCCCN3C(=O)C(=O)C3(O)OC(C(OC)CC(C)CC(C)=CC(CC)C(=O)CC(O[Si](C(C)C)(C(C)C)C(C)C)C2C)C(OC)CC3C)CCC1=O. The van der Waals surface area contributed by atoms with Crippen molar-refractivity contribution in [2.24, 2.45) is 29.6 Å². The number of Topliss-reactive ketones (excluding diaryl/α,β-unsaturated/α-hetero) is 3. The number of carbonyl (C=O) groups is 5. The summed E-state index contributed by atoms with van der Waals surface area (Å²) in [6.07, 6.45) is 5.87. The lowest BCUT2D eigenvalue weighted by Crippen LogP contribution is -2.64. The van der Waals surface area contributed by atoms with Gasteiger partial charge in [0.25, 0.3) is 11.7 Å². The first kappa shape index (κ1) is 58.0. The molecule has 0 aromatic rings. The molecule has 14 heteroatoms. The Bertz CT molecular complexity index is 1760. The van der Waals surface area contributed by atoms with Gasteiger partial charge in [0, 0.05) is 58.0 Å². The maximum Gasteiger partial charge on any atom is 0.329 e. The minimum Gasteiger partial charge on any atom is -0.456 e. The lowest BCUT2D eigenvalue weighted by Gasteiger charge is -2.47. The fourth-order valence-electron chi connectivity index (χ4n) is 12.2. The number of piperidine rings is 1. The Balaban J connectivity index is 1.93.